The standard InChI is InChI=1S/C16H17ClO2/c1-11-5-3-4-6-12(11)9-15(18)14-10-13(17)7-8-16(14)19-2/h3-8,10,15,18H,9H2,1-2H3. The molecular formula is C16H17ClO2. The lowest BCUT2D eigenvalue weighted by atomic mass is 9.98. The lowest BCUT2D eigenvalue weighted by Crippen LogP contribution is -2.05. The van der Waals surface area contributed by atoms with Crippen LogP contribution in [0.25, 0.3) is 0 Å². The van der Waals surface area contributed by atoms with Gasteiger partial charge < -0.3 is 9.84 Å². The molecule has 0 aliphatic carbocycles. The second kappa shape index (κ2) is 6.09. The molecular weight excluding hydrogens is 260 g/mol. The maximum absolute atomic E-state index is 10.4. The number of aliphatic hydroxyl groups is 1. The Balaban J connectivity index is 2.27. The molecule has 0 bridgehead atoms. The summed E-state index contributed by atoms with van der Waals surface area (Å²) in [4.78, 5) is 0. The molecule has 0 fully saturated rings. The fourth-order valence-corrected chi connectivity index (χ4v) is 2.30. The van der Waals surface area contributed by atoms with Crippen molar-refractivity contribution >= 4 is 11.6 Å². The Morgan fingerprint density at radius 2 is 1.95 bits per heavy atom. The molecule has 0 heterocycles. The molecule has 0 aromatic heterocycles. The van der Waals surface area contributed by atoms with Gasteiger partial charge in [-0.2, -0.15) is 0 Å². The molecule has 1 atom stereocenters. The number of hydrogen-bond acceptors (Lipinski definition) is 2. The number of hydrogen-bond donors (Lipinski definition) is 1. The van der Waals surface area contributed by atoms with Crippen molar-refractivity contribution in [2.75, 3.05) is 7.11 Å². The monoisotopic (exact) mass is 276 g/mol. The van der Waals surface area contributed by atoms with Gasteiger partial charge in [-0.25, -0.2) is 0 Å². The maximum Gasteiger partial charge on any atom is 0.124 e. The smallest absolute Gasteiger partial charge is 0.124 e. The zero-order valence-corrected chi connectivity index (χ0v) is 11.8. The van der Waals surface area contributed by atoms with Gasteiger partial charge in [-0.05, 0) is 36.2 Å². The van der Waals surface area contributed by atoms with Gasteiger partial charge in [0.15, 0.2) is 0 Å². The van der Waals surface area contributed by atoms with Gasteiger partial charge in [0.25, 0.3) is 0 Å². The first-order chi connectivity index (χ1) is 9.11. The minimum Gasteiger partial charge on any atom is -0.496 e. The van der Waals surface area contributed by atoms with Crippen molar-refractivity contribution in [2.45, 2.75) is 19.4 Å². The Labute approximate surface area is 118 Å². The van der Waals surface area contributed by atoms with E-state index in [1.165, 1.54) is 5.56 Å². The highest BCUT2D eigenvalue weighted by Gasteiger charge is 2.15. The number of halogens is 1. The number of rotatable bonds is 4. The first-order valence-electron chi connectivity index (χ1n) is 6.18. The topological polar surface area (TPSA) is 29.5 Å². The number of aryl methyl sites for hydroxylation is 1. The fourth-order valence-electron chi connectivity index (χ4n) is 2.12. The zero-order valence-electron chi connectivity index (χ0n) is 11.1. The van der Waals surface area contributed by atoms with Crippen LogP contribution in [0.5, 0.6) is 5.75 Å². The maximum atomic E-state index is 10.4. The third-order valence-corrected chi connectivity index (χ3v) is 3.46. The van der Waals surface area contributed by atoms with Gasteiger partial charge in [0.05, 0.1) is 13.2 Å². The van der Waals surface area contributed by atoms with Crippen LogP contribution in [0.15, 0.2) is 42.5 Å². The van der Waals surface area contributed by atoms with Crippen molar-refractivity contribution in [3.8, 4) is 5.75 Å². The summed E-state index contributed by atoms with van der Waals surface area (Å²) in [7, 11) is 1.59. The van der Waals surface area contributed by atoms with Gasteiger partial charge in [0.2, 0.25) is 0 Å². The second-order valence-corrected chi connectivity index (χ2v) is 4.97. The molecule has 1 unspecified atom stereocenters. The molecule has 0 spiro atoms. The summed E-state index contributed by atoms with van der Waals surface area (Å²) in [5.41, 5.74) is 3.01. The summed E-state index contributed by atoms with van der Waals surface area (Å²) in [5.74, 6) is 0.658. The Morgan fingerprint density at radius 1 is 1.21 bits per heavy atom. The van der Waals surface area contributed by atoms with E-state index in [0.29, 0.717) is 17.2 Å². The van der Waals surface area contributed by atoms with E-state index < -0.39 is 6.10 Å². The van der Waals surface area contributed by atoms with Gasteiger partial charge in [0, 0.05) is 17.0 Å². The average Bonchev–Trinajstić information content (AvgIpc) is 2.41. The summed E-state index contributed by atoms with van der Waals surface area (Å²) in [6.07, 6.45) is -0.0848. The largest absolute Gasteiger partial charge is 0.496 e. The number of benzene rings is 2. The molecule has 0 aliphatic rings. The second-order valence-electron chi connectivity index (χ2n) is 4.53. The predicted molar refractivity (Wildman–Crippen MR) is 77.8 cm³/mol. The summed E-state index contributed by atoms with van der Waals surface area (Å²) in [5, 5.41) is 11.0. The molecule has 19 heavy (non-hydrogen) atoms. The Bertz CT molecular complexity index is 566. The molecule has 100 valence electrons. The third-order valence-electron chi connectivity index (χ3n) is 3.23. The Morgan fingerprint density at radius 3 is 2.63 bits per heavy atom. The third kappa shape index (κ3) is 3.28. The van der Waals surface area contributed by atoms with Gasteiger partial charge in [0.1, 0.15) is 5.75 Å². The number of aliphatic hydroxyl groups excluding tert-OH is 1. The summed E-state index contributed by atoms with van der Waals surface area (Å²) in [6.45, 7) is 2.04. The van der Waals surface area contributed by atoms with Gasteiger partial charge >= 0.3 is 0 Å². The number of methoxy groups -OCH3 is 1. The van der Waals surface area contributed by atoms with Crippen LogP contribution in [0.4, 0.5) is 0 Å². The molecule has 0 amide bonds. The van der Waals surface area contributed by atoms with Crippen molar-refractivity contribution in [3.63, 3.8) is 0 Å². The quantitative estimate of drug-likeness (QED) is 0.917. The molecule has 3 heteroatoms. The Kier molecular flexibility index (Phi) is 4.46. The van der Waals surface area contributed by atoms with Crippen LogP contribution in [0, 0.1) is 6.92 Å². The highest BCUT2D eigenvalue weighted by atomic mass is 35.5. The van der Waals surface area contributed by atoms with Crippen LogP contribution in [-0.4, -0.2) is 12.2 Å². The highest BCUT2D eigenvalue weighted by molar-refractivity contribution is 6.30. The van der Waals surface area contributed by atoms with Crippen LogP contribution in [0.3, 0.4) is 0 Å². The van der Waals surface area contributed by atoms with Crippen molar-refractivity contribution in [2.24, 2.45) is 0 Å². The number of ether oxygens (including phenoxy) is 1. The van der Waals surface area contributed by atoms with Crippen molar-refractivity contribution < 1.29 is 9.84 Å². The van der Waals surface area contributed by atoms with Crippen LogP contribution in [0.1, 0.15) is 22.8 Å². The van der Waals surface area contributed by atoms with E-state index in [0.717, 1.165) is 11.1 Å². The average molecular weight is 277 g/mol. The Hall–Kier alpha value is -1.51. The van der Waals surface area contributed by atoms with Crippen LogP contribution >= 0.6 is 11.6 Å². The van der Waals surface area contributed by atoms with Gasteiger partial charge in [-0.3, -0.25) is 0 Å². The summed E-state index contributed by atoms with van der Waals surface area (Å²) in [6, 6.07) is 13.3. The zero-order chi connectivity index (χ0) is 13.8. The molecule has 1 N–H and O–H groups in total. The molecule has 2 aromatic carbocycles. The fraction of sp³-hybridized carbons (Fsp3) is 0.250. The first kappa shape index (κ1) is 13.9. The van der Waals surface area contributed by atoms with E-state index in [2.05, 4.69) is 0 Å². The summed E-state index contributed by atoms with van der Waals surface area (Å²) < 4.78 is 5.27. The van der Waals surface area contributed by atoms with E-state index in [1.807, 2.05) is 31.2 Å². The molecule has 0 saturated heterocycles. The van der Waals surface area contributed by atoms with E-state index in [4.69, 9.17) is 16.3 Å². The predicted octanol–water partition coefficient (Wildman–Crippen LogP) is 3.93. The van der Waals surface area contributed by atoms with Crippen LogP contribution < -0.4 is 4.74 Å². The molecule has 0 radical (unpaired) electrons. The summed E-state index contributed by atoms with van der Waals surface area (Å²) >= 11 is 5.99. The molecule has 2 aromatic rings. The minimum atomic E-state index is -0.630. The van der Waals surface area contributed by atoms with Crippen molar-refractivity contribution in [3.05, 3.63) is 64.2 Å². The first-order valence-corrected chi connectivity index (χ1v) is 6.55. The molecule has 0 saturated carbocycles. The van der Waals surface area contributed by atoms with E-state index in [9.17, 15) is 5.11 Å². The van der Waals surface area contributed by atoms with Crippen molar-refractivity contribution in [1.29, 1.82) is 0 Å². The minimum absolute atomic E-state index is 0.545. The molecule has 2 rings (SSSR count). The van der Waals surface area contributed by atoms with Gasteiger partial charge in [-0.15, -0.1) is 0 Å². The van der Waals surface area contributed by atoms with E-state index in [1.54, 1.807) is 25.3 Å². The van der Waals surface area contributed by atoms with Crippen molar-refractivity contribution in [1.82, 2.24) is 0 Å². The molecule has 0 aliphatic heterocycles. The van der Waals surface area contributed by atoms with Crippen LogP contribution in [0.2, 0.25) is 5.02 Å². The van der Waals surface area contributed by atoms with E-state index in [-0.39, 0.29) is 0 Å². The SMILES string of the molecule is COc1ccc(Cl)cc1C(O)Cc1ccccc1C. The highest BCUT2D eigenvalue weighted by Crippen LogP contribution is 2.30. The lowest BCUT2D eigenvalue weighted by Gasteiger charge is -2.16. The normalized spacial score (nSPS) is 12.2. The van der Waals surface area contributed by atoms with E-state index >= 15 is 0 Å². The lowest BCUT2D eigenvalue weighted by molar-refractivity contribution is 0.174. The van der Waals surface area contributed by atoms with Gasteiger partial charge in [-0.1, -0.05) is 35.9 Å². The van der Waals surface area contributed by atoms with Crippen LogP contribution in [-0.2, 0) is 6.42 Å². The molecule has 2 nitrogen and oxygen atoms in total.